The highest BCUT2D eigenvalue weighted by Crippen LogP contribution is 2.37. The van der Waals surface area contributed by atoms with E-state index in [9.17, 15) is 0 Å². The number of rotatable bonds is 0. The molecule has 0 aromatic carbocycles. The lowest BCUT2D eigenvalue weighted by Gasteiger charge is -2.08. The lowest BCUT2D eigenvalue weighted by Crippen LogP contribution is -2.14. The summed E-state index contributed by atoms with van der Waals surface area (Å²) >= 11 is 0. The minimum Gasteiger partial charge on any atom is -0.485 e. The molecule has 1 saturated heterocycles. The Labute approximate surface area is 51.9 Å². The van der Waals surface area contributed by atoms with Crippen LogP contribution in [0.3, 0.4) is 0 Å². The van der Waals surface area contributed by atoms with Crippen LogP contribution >= 0.6 is 0 Å². The Hall–Kier alpha value is -1.12. The predicted octanol–water partition coefficient (Wildman–Crippen LogP) is 0.0700. The quantitative estimate of drug-likeness (QED) is 0.494. The summed E-state index contributed by atoms with van der Waals surface area (Å²) in [5.41, 5.74) is 2.13. The van der Waals surface area contributed by atoms with Crippen molar-refractivity contribution in [2.45, 2.75) is 12.2 Å². The number of hydrogen-bond donors (Lipinski definition) is 1. The van der Waals surface area contributed by atoms with Gasteiger partial charge in [0.2, 0.25) is 0 Å². The highest BCUT2D eigenvalue weighted by atomic mass is 16.6. The number of ether oxygens (including phenoxy) is 2. The second-order valence-corrected chi connectivity index (χ2v) is 2.38. The Kier molecular flexibility index (Phi) is 0.400. The standard InChI is InChI=1S/C6H5NO2/c1-3-5-6(8-1)4(7-3)2-9-5/h1-2,5-7H. The summed E-state index contributed by atoms with van der Waals surface area (Å²) < 4.78 is 10.4. The van der Waals surface area contributed by atoms with Gasteiger partial charge in [-0.3, -0.25) is 0 Å². The van der Waals surface area contributed by atoms with E-state index < -0.39 is 0 Å². The van der Waals surface area contributed by atoms with Crippen molar-refractivity contribution in [2.24, 2.45) is 0 Å². The summed E-state index contributed by atoms with van der Waals surface area (Å²) in [6, 6.07) is 0. The van der Waals surface area contributed by atoms with E-state index >= 15 is 0 Å². The fraction of sp³-hybridized carbons (Fsp3) is 0.333. The average molecular weight is 123 g/mol. The van der Waals surface area contributed by atoms with E-state index in [1.54, 1.807) is 12.5 Å². The van der Waals surface area contributed by atoms with Crippen molar-refractivity contribution < 1.29 is 9.47 Å². The lowest BCUT2D eigenvalue weighted by molar-refractivity contribution is 0.111. The van der Waals surface area contributed by atoms with Gasteiger partial charge >= 0.3 is 0 Å². The second-order valence-electron chi connectivity index (χ2n) is 2.38. The largest absolute Gasteiger partial charge is 0.485 e. The van der Waals surface area contributed by atoms with Crippen molar-refractivity contribution in [3.05, 3.63) is 23.9 Å². The third-order valence-corrected chi connectivity index (χ3v) is 1.86. The third kappa shape index (κ3) is 0.265. The normalized spacial score (nSPS) is 40.9. The zero-order valence-electron chi connectivity index (χ0n) is 4.63. The monoisotopic (exact) mass is 123 g/mol. The molecule has 3 rings (SSSR count). The first kappa shape index (κ1) is 3.82. The second kappa shape index (κ2) is 0.943. The molecule has 3 aliphatic rings. The molecule has 9 heavy (non-hydrogen) atoms. The van der Waals surface area contributed by atoms with E-state index in [0.717, 1.165) is 11.4 Å². The molecule has 4 bridgehead atoms. The van der Waals surface area contributed by atoms with Gasteiger partial charge in [-0.1, -0.05) is 0 Å². The highest BCUT2D eigenvalue weighted by molar-refractivity contribution is 5.36. The molecule has 0 aliphatic carbocycles. The molecule has 2 unspecified atom stereocenters. The smallest absolute Gasteiger partial charge is 0.183 e. The highest BCUT2D eigenvalue weighted by Gasteiger charge is 2.47. The molecule has 0 aromatic rings. The van der Waals surface area contributed by atoms with Crippen LogP contribution in [0, 0.1) is 0 Å². The Morgan fingerprint density at radius 3 is 2.00 bits per heavy atom. The molecular formula is C6H5NO2. The van der Waals surface area contributed by atoms with Crippen molar-refractivity contribution >= 4 is 0 Å². The molecule has 2 atom stereocenters. The van der Waals surface area contributed by atoms with Crippen molar-refractivity contribution in [1.29, 1.82) is 0 Å². The minimum absolute atomic E-state index is 0.153. The maximum Gasteiger partial charge on any atom is 0.183 e. The average Bonchev–Trinajstić information content (AvgIpc) is 2.50. The summed E-state index contributed by atoms with van der Waals surface area (Å²) in [5, 5.41) is 3.16. The molecule has 1 N–H and O–H groups in total. The van der Waals surface area contributed by atoms with Gasteiger partial charge in [0.25, 0.3) is 0 Å². The van der Waals surface area contributed by atoms with Crippen LogP contribution in [0.5, 0.6) is 0 Å². The van der Waals surface area contributed by atoms with Gasteiger partial charge in [-0.05, 0) is 0 Å². The summed E-state index contributed by atoms with van der Waals surface area (Å²) in [7, 11) is 0. The molecule has 0 saturated carbocycles. The Morgan fingerprint density at radius 1 is 1.11 bits per heavy atom. The SMILES string of the molecule is C1=C2NC3=COC2C3O1. The van der Waals surface area contributed by atoms with E-state index in [2.05, 4.69) is 5.32 Å². The van der Waals surface area contributed by atoms with Crippen LogP contribution in [0.15, 0.2) is 23.9 Å². The van der Waals surface area contributed by atoms with E-state index in [1.807, 2.05) is 0 Å². The van der Waals surface area contributed by atoms with Crippen LogP contribution in [0.1, 0.15) is 0 Å². The van der Waals surface area contributed by atoms with E-state index in [0.29, 0.717) is 0 Å². The summed E-state index contributed by atoms with van der Waals surface area (Å²) in [4.78, 5) is 0. The van der Waals surface area contributed by atoms with Crippen molar-refractivity contribution in [2.75, 3.05) is 0 Å². The lowest BCUT2D eigenvalue weighted by atomic mass is 10.2. The number of nitrogens with one attached hydrogen (secondary N) is 1. The maximum atomic E-state index is 5.22. The molecular weight excluding hydrogens is 118 g/mol. The molecule has 0 amide bonds. The number of hydrogen-bond acceptors (Lipinski definition) is 3. The summed E-state index contributed by atoms with van der Waals surface area (Å²) in [6.07, 6.45) is 3.76. The Bertz CT molecular complexity index is 207. The van der Waals surface area contributed by atoms with Crippen LogP contribution in [-0.2, 0) is 9.47 Å². The molecule has 0 radical (unpaired) electrons. The topological polar surface area (TPSA) is 30.5 Å². The molecule has 3 heterocycles. The molecule has 3 aliphatic heterocycles. The molecule has 3 heteroatoms. The van der Waals surface area contributed by atoms with Gasteiger partial charge in [-0.25, -0.2) is 0 Å². The summed E-state index contributed by atoms with van der Waals surface area (Å²) in [5.74, 6) is 0. The molecule has 3 nitrogen and oxygen atoms in total. The van der Waals surface area contributed by atoms with Gasteiger partial charge in [-0.15, -0.1) is 0 Å². The predicted molar refractivity (Wildman–Crippen MR) is 29.0 cm³/mol. The van der Waals surface area contributed by atoms with Crippen molar-refractivity contribution in [1.82, 2.24) is 5.32 Å². The van der Waals surface area contributed by atoms with Crippen LogP contribution in [0.2, 0.25) is 0 Å². The van der Waals surface area contributed by atoms with Gasteiger partial charge in [0.15, 0.2) is 12.2 Å². The van der Waals surface area contributed by atoms with Gasteiger partial charge in [0.1, 0.15) is 12.5 Å². The molecule has 1 fully saturated rings. The van der Waals surface area contributed by atoms with Gasteiger partial charge < -0.3 is 14.8 Å². The van der Waals surface area contributed by atoms with Gasteiger partial charge in [-0.2, -0.15) is 0 Å². The van der Waals surface area contributed by atoms with E-state index in [-0.39, 0.29) is 12.2 Å². The van der Waals surface area contributed by atoms with Crippen LogP contribution in [-0.4, -0.2) is 12.2 Å². The zero-order valence-corrected chi connectivity index (χ0v) is 4.63. The first-order valence-electron chi connectivity index (χ1n) is 2.93. The molecule has 0 spiro atoms. The van der Waals surface area contributed by atoms with Crippen LogP contribution in [0.25, 0.3) is 0 Å². The van der Waals surface area contributed by atoms with Crippen molar-refractivity contribution in [3.63, 3.8) is 0 Å². The van der Waals surface area contributed by atoms with E-state index in [1.165, 1.54) is 0 Å². The van der Waals surface area contributed by atoms with Gasteiger partial charge in [0.05, 0.1) is 11.4 Å². The minimum atomic E-state index is 0.153. The molecule has 46 valence electrons. The molecule has 0 aromatic heterocycles. The first-order chi connectivity index (χ1) is 4.45. The van der Waals surface area contributed by atoms with Crippen molar-refractivity contribution in [3.8, 4) is 0 Å². The van der Waals surface area contributed by atoms with E-state index in [4.69, 9.17) is 9.47 Å². The third-order valence-electron chi connectivity index (χ3n) is 1.86. The van der Waals surface area contributed by atoms with Crippen LogP contribution in [0.4, 0.5) is 0 Å². The maximum absolute atomic E-state index is 5.22. The summed E-state index contributed by atoms with van der Waals surface area (Å²) in [6.45, 7) is 0. The fourth-order valence-electron chi connectivity index (χ4n) is 1.41. The Morgan fingerprint density at radius 2 is 1.67 bits per heavy atom. The fourth-order valence-corrected chi connectivity index (χ4v) is 1.41. The first-order valence-corrected chi connectivity index (χ1v) is 2.93. The Balaban J connectivity index is 2.25. The zero-order chi connectivity index (χ0) is 5.84. The van der Waals surface area contributed by atoms with Crippen LogP contribution < -0.4 is 5.32 Å². The van der Waals surface area contributed by atoms with Gasteiger partial charge in [0, 0.05) is 0 Å².